The van der Waals surface area contributed by atoms with Crippen LogP contribution in [0.25, 0.3) is 11.0 Å². The van der Waals surface area contributed by atoms with Crippen molar-refractivity contribution >= 4 is 28.7 Å². The van der Waals surface area contributed by atoms with E-state index in [4.69, 9.17) is 16.3 Å². The Kier molecular flexibility index (Phi) is 7.06. The van der Waals surface area contributed by atoms with Gasteiger partial charge in [0.15, 0.2) is 0 Å². The molecule has 0 atom stereocenters. The summed E-state index contributed by atoms with van der Waals surface area (Å²) in [6.07, 6.45) is 4.12. The first-order chi connectivity index (χ1) is 12.6. The third kappa shape index (κ3) is 6.07. The monoisotopic (exact) mass is 396 g/mol. The molecule has 8 heteroatoms. The SMILES string of the molecule is CC(C)N(CCCN(C)Cc1c[nH]c2[nH+]cnc(Cl)c12)C(=O)OC(C)(C)C. The molecule has 0 fully saturated rings. The topological polar surface area (TPSA) is 75.6 Å². The molecule has 150 valence electrons. The Morgan fingerprint density at radius 2 is 2.07 bits per heavy atom. The van der Waals surface area contributed by atoms with Gasteiger partial charge in [0.25, 0.3) is 0 Å². The Hall–Kier alpha value is -1.86. The molecule has 2 heterocycles. The Labute approximate surface area is 166 Å². The molecule has 0 unspecified atom stereocenters. The van der Waals surface area contributed by atoms with Gasteiger partial charge in [-0.25, -0.2) is 9.78 Å². The molecule has 7 nitrogen and oxygen atoms in total. The Morgan fingerprint density at radius 3 is 2.70 bits per heavy atom. The maximum Gasteiger partial charge on any atom is 0.410 e. The van der Waals surface area contributed by atoms with Crippen molar-refractivity contribution in [2.75, 3.05) is 20.1 Å². The van der Waals surface area contributed by atoms with Crippen molar-refractivity contribution in [3.05, 3.63) is 23.2 Å². The molecule has 0 bridgehead atoms. The van der Waals surface area contributed by atoms with Crippen LogP contribution in [-0.2, 0) is 11.3 Å². The summed E-state index contributed by atoms with van der Waals surface area (Å²) in [5.41, 5.74) is 1.48. The fraction of sp³-hybridized carbons (Fsp3) is 0.632. The van der Waals surface area contributed by atoms with Crippen LogP contribution in [0.5, 0.6) is 0 Å². The van der Waals surface area contributed by atoms with E-state index in [1.54, 1.807) is 11.2 Å². The zero-order valence-electron chi connectivity index (χ0n) is 17.1. The fourth-order valence-electron chi connectivity index (χ4n) is 2.92. The van der Waals surface area contributed by atoms with Crippen molar-refractivity contribution in [3.8, 4) is 0 Å². The number of hydrogen-bond acceptors (Lipinski definition) is 4. The van der Waals surface area contributed by atoms with Gasteiger partial charge >= 0.3 is 6.09 Å². The van der Waals surface area contributed by atoms with Crippen molar-refractivity contribution in [1.82, 2.24) is 19.8 Å². The molecule has 2 aromatic rings. The molecule has 27 heavy (non-hydrogen) atoms. The van der Waals surface area contributed by atoms with Gasteiger partial charge in [-0.15, -0.1) is 0 Å². The number of fused-ring (bicyclic) bond motifs is 1. The van der Waals surface area contributed by atoms with Crippen LogP contribution < -0.4 is 4.98 Å². The minimum Gasteiger partial charge on any atom is -0.444 e. The van der Waals surface area contributed by atoms with Gasteiger partial charge in [0.2, 0.25) is 17.1 Å². The minimum absolute atomic E-state index is 0.0965. The number of ether oxygens (including phenoxy) is 1. The van der Waals surface area contributed by atoms with Gasteiger partial charge in [-0.3, -0.25) is 4.98 Å². The first-order valence-corrected chi connectivity index (χ1v) is 9.66. The van der Waals surface area contributed by atoms with Gasteiger partial charge in [0.05, 0.1) is 6.20 Å². The summed E-state index contributed by atoms with van der Waals surface area (Å²) in [6.45, 7) is 11.9. The third-order valence-electron chi connectivity index (χ3n) is 4.19. The molecular formula is C19H31ClN5O2+. The van der Waals surface area contributed by atoms with Crippen LogP contribution in [0, 0.1) is 0 Å². The maximum absolute atomic E-state index is 12.4. The summed E-state index contributed by atoms with van der Waals surface area (Å²) in [5.74, 6) is 0. The Bertz CT molecular complexity index is 769. The highest BCUT2D eigenvalue weighted by molar-refractivity contribution is 6.34. The number of carbonyl (C=O) groups excluding carboxylic acids is 1. The highest BCUT2D eigenvalue weighted by Crippen LogP contribution is 2.22. The van der Waals surface area contributed by atoms with E-state index >= 15 is 0 Å². The van der Waals surface area contributed by atoms with Crippen LogP contribution in [0.15, 0.2) is 12.5 Å². The normalized spacial score (nSPS) is 12.2. The summed E-state index contributed by atoms with van der Waals surface area (Å²) in [6, 6.07) is 0.0965. The molecule has 2 rings (SSSR count). The lowest BCUT2D eigenvalue weighted by molar-refractivity contribution is -0.352. The van der Waals surface area contributed by atoms with E-state index in [1.165, 1.54) is 0 Å². The van der Waals surface area contributed by atoms with E-state index in [2.05, 4.69) is 26.9 Å². The highest BCUT2D eigenvalue weighted by atomic mass is 35.5. The molecule has 0 aromatic carbocycles. The predicted octanol–water partition coefficient (Wildman–Crippen LogP) is 3.50. The van der Waals surface area contributed by atoms with E-state index in [1.807, 2.05) is 40.8 Å². The smallest absolute Gasteiger partial charge is 0.410 e. The second-order valence-electron chi connectivity index (χ2n) is 8.12. The van der Waals surface area contributed by atoms with Crippen LogP contribution in [0.1, 0.15) is 46.6 Å². The number of H-pyrrole nitrogens is 2. The van der Waals surface area contributed by atoms with Gasteiger partial charge in [0.1, 0.15) is 11.0 Å². The van der Waals surface area contributed by atoms with Crippen molar-refractivity contribution in [2.24, 2.45) is 0 Å². The second kappa shape index (κ2) is 8.89. The summed E-state index contributed by atoms with van der Waals surface area (Å²) in [7, 11) is 2.06. The van der Waals surface area contributed by atoms with Crippen molar-refractivity contribution in [2.45, 2.75) is 59.2 Å². The quantitative estimate of drug-likeness (QED) is 0.727. The van der Waals surface area contributed by atoms with Crippen LogP contribution in [0.3, 0.4) is 0 Å². The summed E-state index contributed by atoms with van der Waals surface area (Å²) >= 11 is 6.23. The number of nitrogens with zero attached hydrogens (tertiary/aromatic N) is 3. The van der Waals surface area contributed by atoms with E-state index in [9.17, 15) is 4.79 Å². The number of carbonyl (C=O) groups is 1. The van der Waals surface area contributed by atoms with Crippen molar-refractivity contribution in [3.63, 3.8) is 0 Å². The number of nitrogens with one attached hydrogen (secondary N) is 2. The minimum atomic E-state index is -0.485. The molecule has 0 aliphatic heterocycles. The van der Waals surface area contributed by atoms with Crippen molar-refractivity contribution in [1.29, 1.82) is 0 Å². The Morgan fingerprint density at radius 1 is 1.37 bits per heavy atom. The molecule has 0 radical (unpaired) electrons. The lowest BCUT2D eigenvalue weighted by Crippen LogP contribution is -2.42. The average Bonchev–Trinajstić information content (AvgIpc) is 2.93. The van der Waals surface area contributed by atoms with Crippen LogP contribution >= 0.6 is 11.6 Å². The number of rotatable bonds is 7. The summed E-state index contributed by atoms with van der Waals surface area (Å²) < 4.78 is 5.51. The molecule has 0 spiro atoms. The highest BCUT2D eigenvalue weighted by Gasteiger charge is 2.24. The molecule has 2 N–H and O–H groups in total. The van der Waals surface area contributed by atoms with E-state index in [0.717, 1.165) is 36.1 Å². The molecule has 0 aliphatic carbocycles. The standard InChI is InChI=1S/C19H30ClN5O2/c1-13(2)25(18(26)27-19(3,4)5)9-7-8-24(6)11-14-10-21-17-15(14)16(20)22-12-23-17/h10,12-13H,7-9,11H2,1-6H3,(H,21,22,23)/p+1. The molecule has 0 aliphatic rings. The molecule has 1 amide bonds. The van der Waals surface area contributed by atoms with Crippen LogP contribution in [0.2, 0.25) is 5.15 Å². The number of halogens is 1. The lowest BCUT2D eigenvalue weighted by atomic mass is 10.2. The van der Waals surface area contributed by atoms with Crippen LogP contribution in [0.4, 0.5) is 4.79 Å². The van der Waals surface area contributed by atoms with Gasteiger partial charge in [-0.05, 0) is 66.2 Å². The molecule has 0 saturated heterocycles. The molecular weight excluding hydrogens is 366 g/mol. The second-order valence-corrected chi connectivity index (χ2v) is 8.47. The fourth-order valence-corrected chi connectivity index (χ4v) is 3.18. The number of aromatic nitrogens is 3. The zero-order valence-corrected chi connectivity index (χ0v) is 17.9. The van der Waals surface area contributed by atoms with Crippen molar-refractivity contribution < 1.29 is 14.5 Å². The van der Waals surface area contributed by atoms with E-state index in [-0.39, 0.29) is 12.1 Å². The number of aromatic amines is 2. The van der Waals surface area contributed by atoms with Gasteiger partial charge in [-0.1, -0.05) is 4.98 Å². The van der Waals surface area contributed by atoms with Crippen LogP contribution in [-0.4, -0.2) is 57.6 Å². The van der Waals surface area contributed by atoms with Gasteiger partial charge in [0, 0.05) is 24.7 Å². The largest absolute Gasteiger partial charge is 0.444 e. The zero-order chi connectivity index (χ0) is 20.2. The van der Waals surface area contributed by atoms with E-state index < -0.39 is 5.60 Å². The summed E-state index contributed by atoms with van der Waals surface area (Å²) in [5, 5.41) is 1.41. The first kappa shape index (κ1) is 21.4. The number of amides is 1. The van der Waals surface area contributed by atoms with E-state index in [0.29, 0.717) is 11.7 Å². The lowest BCUT2D eigenvalue weighted by Gasteiger charge is -2.30. The maximum atomic E-state index is 12.4. The van der Waals surface area contributed by atoms with Gasteiger partial charge in [-0.2, -0.15) is 0 Å². The van der Waals surface area contributed by atoms with Gasteiger partial charge < -0.3 is 14.5 Å². The average molecular weight is 397 g/mol. The molecule has 2 aromatic heterocycles. The Balaban J connectivity index is 1.90. The first-order valence-electron chi connectivity index (χ1n) is 9.29. The third-order valence-corrected chi connectivity index (χ3v) is 4.47. The number of hydrogen-bond donors (Lipinski definition) is 1. The summed E-state index contributed by atoms with van der Waals surface area (Å²) in [4.78, 5) is 26.7. The molecule has 0 saturated carbocycles. The predicted molar refractivity (Wildman–Crippen MR) is 107 cm³/mol.